The van der Waals surface area contributed by atoms with Crippen molar-refractivity contribution in [1.82, 2.24) is 15.0 Å². The minimum Gasteiger partial charge on any atom is -0.457 e. The van der Waals surface area contributed by atoms with Crippen LogP contribution in [0.1, 0.15) is 22.3 Å². The van der Waals surface area contributed by atoms with Crippen LogP contribution in [0.25, 0.3) is 64.8 Å². The summed E-state index contributed by atoms with van der Waals surface area (Å²) >= 11 is 1.76. The molecule has 9 aromatic rings. The van der Waals surface area contributed by atoms with E-state index >= 15 is 0 Å². The number of thiophene rings is 1. The first-order valence-corrected chi connectivity index (χ1v) is 17.2. The van der Waals surface area contributed by atoms with E-state index in [0.717, 1.165) is 55.0 Å². The lowest BCUT2D eigenvalue weighted by Gasteiger charge is -2.39. The number of benzene rings is 6. The van der Waals surface area contributed by atoms with E-state index in [-0.39, 0.29) is 0 Å². The standard InChI is InChI=1S/C44H25N3OS/c1-2-12-27-24-35-31(23-26(27)11-1)39-30(15-9-18-34(39)44(35)32-16-4-6-19-36(32)48-37-20-7-5-17-33(37)44)41-42-40(29-14-3-8-21-38(29)49-42)46-43(47-41)28-13-10-22-45-25-28/h1-25H. The summed E-state index contributed by atoms with van der Waals surface area (Å²) in [4.78, 5) is 15.0. The van der Waals surface area contributed by atoms with Gasteiger partial charge in [-0.05, 0) is 75.5 Å². The molecule has 0 amide bonds. The second-order valence-electron chi connectivity index (χ2n) is 12.7. The lowest BCUT2D eigenvalue weighted by Crippen LogP contribution is -2.32. The molecule has 228 valence electrons. The minimum atomic E-state index is -0.589. The normalized spacial score (nSPS) is 13.6. The Hall–Kier alpha value is -6.17. The average molecular weight is 644 g/mol. The SMILES string of the molecule is c1cncc(-c2nc(-c3cccc4c3-c3cc5ccccc5cc3C43c4ccccc4Oc4ccccc43)c3sc4ccccc4c3n2)c1. The molecular weight excluding hydrogens is 619 g/mol. The Balaban J connectivity index is 1.32. The van der Waals surface area contributed by atoms with Crippen LogP contribution in [0.4, 0.5) is 0 Å². The van der Waals surface area contributed by atoms with Crippen LogP contribution < -0.4 is 4.74 Å². The van der Waals surface area contributed by atoms with Gasteiger partial charge in [-0.1, -0.05) is 97.1 Å². The van der Waals surface area contributed by atoms with Gasteiger partial charge in [0.25, 0.3) is 0 Å². The van der Waals surface area contributed by atoms with Crippen LogP contribution in [0.15, 0.2) is 152 Å². The highest BCUT2D eigenvalue weighted by Gasteiger charge is 2.52. The number of hydrogen-bond acceptors (Lipinski definition) is 5. The Kier molecular flexibility index (Phi) is 5.44. The van der Waals surface area contributed by atoms with Crippen LogP contribution in [0, 0.1) is 0 Å². The van der Waals surface area contributed by atoms with Crippen molar-refractivity contribution in [2.75, 3.05) is 0 Å². The molecule has 0 saturated heterocycles. The van der Waals surface area contributed by atoms with E-state index in [9.17, 15) is 0 Å². The molecule has 49 heavy (non-hydrogen) atoms. The fraction of sp³-hybridized carbons (Fsp3) is 0.0227. The first-order chi connectivity index (χ1) is 24.3. The highest BCUT2D eigenvalue weighted by molar-refractivity contribution is 7.26. The molecule has 1 spiro atoms. The van der Waals surface area contributed by atoms with Crippen LogP contribution in [0.3, 0.4) is 0 Å². The largest absolute Gasteiger partial charge is 0.457 e. The molecule has 3 aromatic heterocycles. The number of aromatic nitrogens is 3. The van der Waals surface area contributed by atoms with Crippen LogP contribution in [-0.4, -0.2) is 15.0 Å². The predicted octanol–water partition coefficient (Wildman–Crippen LogP) is 11.2. The maximum atomic E-state index is 6.63. The fourth-order valence-electron chi connectivity index (χ4n) is 8.23. The zero-order valence-electron chi connectivity index (χ0n) is 26.1. The zero-order chi connectivity index (χ0) is 32.1. The van der Waals surface area contributed by atoms with E-state index in [1.807, 2.05) is 18.3 Å². The summed E-state index contributed by atoms with van der Waals surface area (Å²) in [6.45, 7) is 0. The zero-order valence-corrected chi connectivity index (χ0v) is 26.9. The molecule has 6 aromatic carbocycles. The number of hydrogen-bond donors (Lipinski definition) is 0. The monoisotopic (exact) mass is 643 g/mol. The number of rotatable bonds is 2. The Morgan fingerprint density at radius 2 is 1.29 bits per heavy atom. The van der Waals surface area contributed by atoms with Gasteiger partial charge >= 0.3 is 0 Å². The fourth-order valence-corrected chi connectivity index (χ4v) is 9.37. The van der Waals surface area contributed by atoms with Gasteiger partial charge in [0.2, 0.25) is 0 Å². The van der Waals surface area contributed by atoms with Crippen molar-refractivity contribution in [3.8, 4) is 45.3 Å². The first-order valence-electron chi connectivity index (χ1n) is 16.4. The molecule has 0 bridgehead atoms. The summed E-state index contributed by atoms with van der Waals surface area (Å²) in [7, 11) is 0. The van der Waals surface area contributed by atoms with Gasteiger partial charge in [-0.15, -0.1) is 11.3 Å². The van der Waals surface area contributed by atoms with Crippen molar-refractivity contribution in [2.24, 2.45) is 0 Å². The summed E-state index contributed by atoms with van der Waals surface area (Å²) in [6, 6.07) is 49.8. The third-order valence-electron chi connectivity index (χ3n) is 10.2. The molecule has 1 aliphatic heterocycles. The minimum absolute atomic E-state index is 0.589. The van der Waals surface area contributed by atoms with Crippen LogP contribution >= 0.6 is 11.3 Å². The van der Waals surface area contributed by atoms with Gasteiger partial charge in [-0.3, -0.25) is 4.98 Å². The molecule has 4 nitrogen and oxygen atoms in total. The quantitative estimate of drug-likeness (QED) is 0.188. The Morgan fingerprint density at radius 3 is 2.08 bits per heavy atom. The maximum Gasteiger partial charge on any atom is 0.162 e. The molecular formula is C44H25N3OS. The maximum absolute atomic E-state index is 6.63. The summed E-state index contributed by atoms with van der Waals surface area (Å²) < 4.78 is 8.90. The first kappa shape index (κ1) is 26.9. The van der Waals surface area contributed by atoms with Crippen molar-refractivity contribution in [1.29, 1.82) is 0 Å². The van der Waals surface area contributed by atoms with Gasteiger partial charge in [0.05, 0.1) is 21.3 Å². The number of pyridine rings is 1. The van der Waals surface area contributed by atoms with Gasteiger partial charge < -0.3 is 4.74 Å². The molecule has 0 N–H and O–H groups in total. The van der Waals surface area contributed by atoms with Crippen molar-refractivity contribution in [3.63, 3.8) is 0 Å². The van der Waals surface area contributed by atoms with Crippen LogP contribution in [0.2, 0.25) is 0 Å². The lowest BCUT2D eigenvalue weighted by atomic mass is 9.66. The summed E-state index contributed by atoms with van der Waals surface area (Å²) in [5.74, 6) is 2.43. The molecule has 0 unspecified atom stereocenters. The molecule has 11 rings (SSSR count). The number of nitrogens with zero attached hydrogens (tertiary/aromatic N) is 3. The lowest BCUT2D eigenvalue weighted by molar-refractivity contribution is 0.436. The van der Waals surface area contributed by atoms with Gasteiger partial charge in [-0.2, -0.15) is 0 Å². The second kappa shape index (κ2) is 9.92. The third kappa shape index (κ3) is 3.60. The molecule has 2 aliphatic rings. The van der Waals surface area contributed by atoms with Gasteiger partial charge in [-0.25, -0.2) is 9.97 Å². The van der Waals surface area contributed by atoms with E-state index in [0.29, 0.717) is 5.82 Å². The highest BCUT2D eigenvalue weighted by Crippen LogP contribution is 2.64. The molecule has 0 atom stereocenters. The van der Waals surface area contributed by atoms with Gasteiger partial charge in [0.1, 0.15) is 11.5 Å². The van der Waals surface area contributed by atoms with E-state index in [1.165, 1.54) is 37.7 Å². The second-order valence-corrected chi connectivity index (χ2v) is 13.8. The predicted molar refractivity (Wildman–Crippen MR) is 198 cm³/mol. The van der Waals surface area contributed by atoms with E-state index in [2.05, 4.69) is 132 Å². The molecule has 0 fully saturated rings. The van der Waals surface area contributed by atoms with E-state index in [1.54, 1.807) is 17.5 Å². The number of para-hydroxylation sites is 2. The van der Waals surface area contributed by atoms with E-state index < -0.39 is 5.41 Å². The van der Waals surface area contributed by atoms with Crippen molar-refractivity contribution < 1.29 is 4.74 Å². The summed E-state index contributed by atoms with van der Waals surface area (Å²) in [5, 5.41) is 3.56. The molecule has 1 aliphatic carbocycles. The van der Waals surface area contributed by atoms with Crippen molar-refractivity contribution in [3.05, 3.63) is 174 Å². The number of ether oxygens (including phenoxy) is 1. The molecule has 0 radical (unpaired) electrons. The van der Waals surface area contributed by atoms with E-state index in [4.69, 9.17) is 14.7 Å². The smallest absolute Gasteiger partial charge is 0.162 e. The van der Waals surface area contributed by atoms with Crippen LogP contribution in [-0.2, 0) is 5.41 Å². The Labute approximate surface area is 286 Å². The van der Waals surface area contributed by atoms with Crippen molar-refractivity contribution >= 4 is 42.4 Å². The van der Waals surface area contributed by atoms with Crippen LogP contribution in [0.5, 0.6) is 11.5 Å². The Morgan fingerprint density at radius 1 is 0.571 bits per heavy atom. The molecule has 0 saturated carbocycles. The molecule has 5 heteroatoms. The van der Waals surface area contributed by atoms with Gasteiger partial charge in [0.15, 0.2) is 5.82 Å². The number of fused-ring (bicyclic) bond motifs is 13. The summed E-state index contributed by atoms with van der Waals surface area (Å²) in [5.41, 5.74) is 10.5. The Bertz CT molecular complexity index is 2780. The van der Waals surface area contributed by atoms with Crippen molar-refractivity contribution in [2.45, 2.75) is 5.41 Å². The topological polar surface area (TPSA) is 47.9 Å². The molecule has 4 heterocycles. The third-order valence-corrected chi connectivity index (χ3v) is 11.4. The highest BCUT2D eigenvalue weighted by atomic mass is 32.1. The average Bonchev–Trinajstić information content (AvgIpc) is 3.68. The summed E-state index contributed by atoms with van der Waals surface area (Å²) in [6.07, 6.45) is 3.64. The van der Waals surface area contributed by atoms with Gasteiger partial charge in [0, 0.05) is 44.7 Å².